The Morgan fingerprint density at radius 3 is 2.34 bits per heavy atom. The van der Waals surface area contributed by atoms with Crippen LogP contribution in [0.3, 0.4) is 0 Å². The SMILES string of the molecule is CC1(C)Cc2nc(C3CCCC3)c(C=O)c(-c3ccc(F)c(F)c3)c2C(O[Si](C)(C)C(C)(C)C)C1. The van der Waals surface area contributed by atoms with Crippen LogP contribution in [-0.4, -0.2) is 19.6 Å². The van der Waals surface area contributed by atoms with E-state index in [2.05, 4.69) is 47.7 Å². The van der Waals surface area contributed by atoms with E-state index in [1.165, 1.54) is 6.07 Å². The van der Waals surface area contributed by atoms with Gasteiger partial charge in [-0.1, -0.05) is 53.5 Å². The van der Waals surface area contributed by atoms with E-state index in [-0.39, 0.29) is 22.5 Å². The zero-order chi connectivity index (χ0) is 25.8. The summed E-state index contributed by atoms with van der Waals surface area (Å²) in [7, 11) is -2.18. The molecule has 1 aromatic carbocycles. The Morgan fingerprint density at radius 1 is 1.11 bits per heavy atom. The van der Waals surface area contributed by atoms with E-state index in [4.69, 9.17) is 9.41 Å². The molecule has 190 valence electrons. The number of rotatable bonds is 5. The first-order valence-corrected chi connectivity index (χ1v) is 15.8. The fourth-order valence-electron chi connectivity index (χ4n) is 5.52. The van der Waals surface area contributed by atoms with Gasteiger partial charge >= 0.3 is 0 Å². The van der Waals surface area contributed by atoms with E-state index >= 15 is 0 Å². The highest BCUT2D eigenvalue weighted by Crippen LogP contribution is 2.51. The molecule has 1 saturated carbocycles. The Hall–Kier alpha value is -1.92. The lowest BCUT2D eigenvalue weighted by molar-refractivity contribution is 0.106. The predicted octanol–water partition coefficient (Wildman–Crippen LogP) is 8.53. The van der Waals surface area contributed by atoms with Gasteiger partial charge in [-0.3, -0.25) is 9.78 Å². The Balaban J connectivity index is 2.01. The molecular weight excluding hydrogens is 460 g/mol. The van der Waals surface area contributed by atoms with E-state index in [9.17, 15) is 13.6 Å². The molecule has 1 atom stereocenters. The largest absolute Gasteiger partial charge is 0.410 e. The number of pyridine rings is 1. The van der Waals surface area contributed by atoms with Gasteiger partial charge in [0.15, 0.2) is 26.2 Å². The zero-order valence-electron chi connectivity index (χ0n) is 22.2. The first kappa shape index (κ1) is 26.1. The number of aromatic nitrogens is 1. The molecule has 2 aromatic rings. The smallest absolute Gasteiger partial charge is 0.192 e. The molecule has 2 aliphatic rings. The summed E-state index contributed by atoms with van der Waals surface area (Å²) in [6.45, 7) is 15.6. The molecule has 2 aliphatic carbocycles. The highest BCUT2D eigenvalue weighted by atomic mass is 28.4. The number of halogens is 2. The number of carbonyl (C=O) groups excluding carboxylic acids is 1. The molecule has 1 heterocycles. The van der Waals surface area contributed by atoms with Gasteiger partial charge in [0.05, 0.1) is 11.8 Å². The molecule has 0 spiro atoms. The van der Waals surface area contributed by atoms with Crippen LogP contribution in [0.15, 0.2) is 18.2 Å². The second-order valence-corrected chi connectivity index (χ2v) is 17.5. The van der Waals surface area contributed by atoms with Crippen molar-refractivity contribution in [2.24, 2.45) is 5.41 Å². The van der Waals surface area contributed by atoms with Gasteiger partial charge in [-0.2, -0.15) is 0 Å². The maximum Gasteiger partial charge on any atom is 0.192 e. The number of fused-ring (bicyclic) bond motifs is 1. The second kappa shape index (κ2) is 9.18. The summed E-state index contributed by atoms with van der Waals surface area (Å²) in [5.41, 5.74) is 4.34. The van der Waals surface area contributed by atoms with E-state index < -0.39 is 20.0 Å². The van der Waals surface area contributed by atoms with Crippen molar-refractivity contribution >= 4 is 14.6 Å². The van der Waals surface area contributed by atoms with Crippen molar-refractivity contribution in [2.75, 3.05) is 0 Å². The average molecular weight is 500 g/mol. The monoisotopic (exact) mass is 499 g/mol. The minimum Gasteiger partial charge on any atom is -0.410 e. The molecule has 0 aliphatic heterocycles. The number of benzene rings is 1. The van der Waals surface area contributed by atoms with Crippen molar-refractivity contribution in [2.45, 2.75) is 103 Å². The van der Waals surface area contributed by atoms with Gasteiger partial charge in [0.25, 0.3) is 0 Å². The van der Waals surface area contributed by atoms with Crippen LogP contribution < -0.4 is 0 Å². The number of hydrogen-bond acceptors (Lipinski definition) is 3. The summed E-state index contributed by atoms with van der Waals surface area (Å²) in [5.74, 6) is -1.59. The molecule has 0 amide bonds. The fraction of sp³-hybridized carbons (Fsp3) is 0.586. The van der Waals surface area contributed by atoms with Gasteiger partial charge < -0.3 is 4.43 Å². The first-order valence-electron chi connectivity index (χ1n) is 12.9. The molecular formula is C29H39F2NO2Si. The van der Waals surface area contributed by atoms with Crippen molar-refractivity contribution in [3.8, 4) is 11.1 Å². The third kappa shape index (κ3) is 5.01. The molecule has 1 unspecified atom stereocenters. The summed E-state index contributed by atoms with van der Waals surface area (Å²) in [6.07, 6.45) is 6.38. The Bertz CT molecular complexity index is 1130. The molecule has 6 heteroatoms. The van der Waals surface area contributed by atoms with Gasteiger partial charge in [-0.05, 0) is 66.9 Å². The van der Waals surface area contributed by atoms with Crippen LogP contribution in [0, 0.1) is 17.0 Å². The molecule has 1 aromatic heterocycles. The third-order valence-electron chi connectivity index (χ3n) is 8.40. The van der Waals surface area contributed by atoms with Crippen LogP contribution in [-0.2, 0) is 10.8 Å². The van der Waals surface area contributed by atoms with Gasteiger partial charge in [-0.15, -0.1) is 0 Å². The highest BCUT2D eigenvalue weighted by Gasteiger charge is 2.44. The lowest BCUT2D eigenvalue weighted by Crippen LogP contribution is -2.44. The molecule has 35 heavy (non-hydrogen) atoms. The van der Waals surface area contributed by atoms with Gasteiger partial charge in [0.1, 0.15) is 0 Å². The highest BCUT2D eigenvalue weighted by molar-refractivity contribution is 6.74. The van der Waals surface area contributed by atoms with E-state index in [0.29, 0.717) is 16.7 Å². The summed E-state index contributed by atoms with van der Waals surface area (Å²) >= 11 is 0. The average Bonchev–Trinajstić information content (AvgIpc) is 3.27. The Labute approximate surface area is 209 Å². The molecule has 0 radical (unpaired) electrons. The van der Waals surface area contributed by atoms with E-state index in [1.807, 2.05) is 0 Å². The molecule has 4 rings (SSSR count). The number of carbonyl (C=O) groups is 1. The molecule has 0 saturated heterocycles. The number of aldehydes is 1. The minimum absolute atomic E-state index is 0.00159. The maximum absolute atomic E-state index is 14.5. The summed E-state index contributed by atoms with van der Waals surface area (Å²) in [5, 5.41) is 0.00159. The fourth-order valence-corrected chi connectivity index (χ4v) is 6.79. The van der Waals surface area contributed by atoms with E-state index in [1.54, 1.807) is 6.07 Å². The van der Waals surface area contributed by atoms with Crippen LogP contribution in [0.5, 0.6) is 0 Å². The summed E-state index contributed by atoms with van der Waals surface area (Å²) in [6, 6.07) is 3.96. The zero-order valence-corrected chi connectivity index (χ0v) is 23.2. The normalized spacial score (nSPS) is 20.7. The predicted molar refractivity (Wildman–Crippen MR) is 139 cm³/mol. The van der Waals surface area contributed by atoms with Crippen LogP contribution in [0.1, 0.15) is 106 Å². The number of hydrogen-bond donors (Lipinski definition) is 0. The second-order valence-electron chi connectivity index (χ2n) is 12.8. The van der Waals surface area contributed by atoms with Crippen molar-refractivity contribution < 1.29 is 18.0 Å². The van der Waals surface area contributed by atoms with Gasteiger partial charge in [0.2, 0.25) is 0 Å². The standard InChI is InChI=1S/C29H39F2NO2Si/c1-28(2,3)35(6,7)34-24-16-29(4,5)15-23-26(24)25(19-12-13-21(30)22(31)14-19)20(17-33)27(32-23)18-10-8-9-11-18/h12-14,17-18,24H,8-11,15-16H2,1-7H3. The van der Waals surface area contributed by atoms with Crippen LogP contribution in [0.4, 0.5) is 8.78 Å². The quantitative estimate of drug-likeness (QED) is 0.306. The molecule has 3 nitrogen and oxygen atoms in total. The van der Waals surface area contributed by atoms with Gasteiger partial charge in [0, 0.05) is 28.3 Å². The Morgan fingerprint density at radius 2 is 1.77 bits per heavy atom. The van der Waals surface area contributed by atoms with Gasteiger partial charge in [-0.25, -0.2) is 8.78 Å². The lowest BCUT2D eigenvalue weighted by Gasteiger charge is -2.45. The van der Waals surface area contributed by atoms with Crippen molar-refractivity contribution in [1.29, 1.82) is 0 Å². The first-order chi connectivity index (χ1) is 16.2. The molecule has 1 fully saturated rings. The minimum atomic E-state index is -2.18. The van der Waals surface area contributed by atoms with Crippen LogP contribution in [0.25, 0.3) is 11.1 Å². The van der Waals surface area contributed by atoms with Crippen molar-refractivity contribution in [1.82, 2.24) is 4.98 Å². The van der Waals surface area contributed by atoms with Crippen LogP contribution in [0.2, 0.25) is 18.1 Å². The lowest BCUT2D eigenvalue weighted by atomic mass is 9.72. The third-order valence-corrected chi connectivity index (χ3v) is 12.9. The van der Waals surface area contributed by atoms with Crippen LogP contribution >= 0.6 is 0 Å². The summed E-state index contributed by atoms with van der Waals surface area (Å²) < 4.78 is 35.4. The summed E-state index contributed by atoms with van der Waals surface area (Å²) in [4.78, 5) is 17.8. The molecule has 0 bridgehead atoms. The van der Waals surface area contributed by atoms with E-state index in [0.717, 1.165) is 67.8 Å². The topological polar surface area (TPSA) is 39.2 Å². The number of nitrogens with zero attached hydrogens (tertiary/aromatic N) is 1. The maximum atomic E-state index is 14.5. The molecule has 0 N–H and O–H groups in total. The van der Waals surface area contributed by atoms with Crippen molar-refractivity contribution in [3.05, 3.63) is 52.3 Å². The van der Waals surface area contributed by atoms with Crippen molar-refractivity contribution in [3.63, 3.8) is 0 Å². The Kier molecular flexibility index (Phi) is 6.86.